The van der Waals surface area contributed by atoms with Gasteiger partial charge in [0.1, 0.15) is 0 Å². The summed E-state index contributed by atoms with van der Waals surface area (Å²) < 4.78 is 2.63. The fraction of sp³-hybridized carbons (Fsp3) is 0. The smallest absolute Gasteiger partial charge is 0.182 e. The Morgan fingerprint density at radius 1 is 0.905 bits per heavy atom. The number of nitrogens with one attached hydrogen (secondary N) is 1. The first-order valence-corrected chi connectivity index (χ1v) is 7.41. The monoisotopic (exact) mass is 310 g/mol. The van der Waals surface area contributed by atoms with Gasteiger partial charge in [-0.1, -0.05) is 48.0 Å². The van der Waals surface area contributed by atoms with Gasteiger partial charge in [0.2, 0.25) is 0 Å². The van der Waals surface area contributed by atoms with Gasteiger partial charge in [-0.2, -0.15) is 0 Å². The van der Waals surface area contributed by atoms with E-state index in [-0.39, 0.29) is 0 Å². The van der Waals surface area contributed by atoms with Crippen molar-refractivity contribution < 1.29 is 0 Å². The Morgan fingerprint density at radius 3 is 2.57 bits per heavy atom. The zero-order valence-electron chi connectivity index (χ0n) is 11.0. The van der Waals surface area contributed by atoms with Crippen molar-refractivity contribution in [2.24, 2.45) is 0 Å². The zero-order chi connectivity index (χ0) is 14.4. The van der Waals surface area contributed by atoms with E-state index in [1.165, 1.54) is 10.8 Å². The Labute approximate surface area is 131 Å². The van der Waals surface area contributed by atoms with Crippen molar-refractivity contribution in [1.82, 2.24) is 9.55 Å². The summed E-state index contributed by atoms with van der Waals surface area (Å²) in [6.07, 6.45) is 0. The van der Waals surface area contributed by atoms with Crippen LogP contribution in [0.25, 0.3) is 27.5 Å². The summed E-state index contributed by atoms with van der Waals surface area (Å²) in [4.78, 5) is 3.21. The van der Waals surface area contributed by atoms with Crippen molar-refractivity contribution in [2.45, 2.75) is 0 Å². The lowest BCUT2D eigenvalue weighted by Crippen LogP contribution is -1.94. The Balaban J connectivity index is 2.08. The molecule has 3 aromatic carbocycles. The summed E-state index contributed by atoms with van der Waals surface area (Å²) in [5, 5.41) is 3.07. The van der Waals surface area contributed by atoms with E-state index in [2.05, 4.69) is 35.3 Å². The van der Waals surface area contributed by atoms with Crippen LogP contribution in [-0.2, 0) is 0 Å². The molecule has 4 heteroatoms. The number of aromatic amines is 1. The van der Waals surface area contributed by atoms with E-state index in [0.717, 1.165) is 16.7 Å². The average Bonchev–Trinajstić information content (AvgIpc) is 2.84. The Kier molecular flexibility index (Phi) is 2.84. The lowest BCUT2D eigenvalue weighted by atomic mass is 10.1. The number of rotatable bonds is 1. The molecule has 0 aliphatic carbocycles. The lowest BCUT2D eigenvalue weighted by molar-refractivity contribution is 1.07. The number of benzene rings is 3. The molecule has 4 rings (SSSR count). The quantitative estimate of drug-likeness (QED) is 0.461. The second-order valence-electron chi connectivity index (χ2n) is 4.93. The van der Waals surface area contributed by atoms with Crippen molar-refractivity contribution >= 4 is 45.6 Å². The highest BCUT2D eigenvalue weighted by molar-refractivity contribution is 7.71. The first-order valence-electron chi connectivity index (χ1n) is 6.62. The standard InChI is InChI=1S/C17H11ClN2S/c18-14-6-3-7-15-16(14)20(17(21)19-15)13-9-8-11-4-1-2-5-12(11)10-13/h1-10H,(H,19,21). The van der Waals surface area contributed by atoms with Crippen molar-refractivity contribution in [3.63, 3.8) is 0 Å². The zero-order valence-corrected chi connectivity index (χ0v) is 12.6. The van der Waals surface area contributed by atoms with Gasteiger partial charge in [-0.15, -0.1) is 0 Å². The molecule has 1 heterocycles. The minimum atomic E-state index is 0.647. The molecule has 0 saturated carbocycles. The van der Waals surface area contributed by atoms with Gasteiger partial charge < -0.3 is 4.98 Å². The van der Waals surface area contributed by atoms with Gasteiger partial charge in [-0.05, 0) is 47.3 Å². The summed E-state index contributed by atoms with van der Waals surface area (Å²) in [7, 11) is 0. The normalized spacial score (nSPS) is 11.3. The van der Waals surface area contributed by atoms with Crippen LogP contribution in [0.2, 0.25) is 5.02 Å². The van der Waals surface area contributed by atoms with Crippen LogP contribution in [0.1, 0.15) is 0 Å². The Morgan fingerprint density at radius 2 is 1.71 bits per heavy atom. The first-order chi connectivity index (χ1) is 10.2. The van der Waals surface area contributed by atoms with Crippen molar-refractivity contribution in [1.29, 1.82) is 0 Å². The van der Waals surface area contributed by atoms with E-state index >= 15 is 0 Å². The van der Waals surface area contributed by atoms with Crippen LogP contribution in [0.5, 0.6) is 0 Å². The predicted octanol–water partition coefficient (Wildman–Crippen LogP) is 5.49. The number of aromatic nitrogens is 2. The fourth-order valence-electron chi connectivity index (χ4n) is 2.68. The predicted molar refractivity (Wildman–Crippen MR) is 91.0 cm³/mol. The molecule has 1 N–H and O–H groups in total. The van der Waals surface area contributed by atoms with Crippen LogP contribution in [-0.4, -0.2) is 9.55 Å². The highest BCUT2D eigenvalue weighted by atomic mass is 35.5. The van der Waals surface area contributed by atoms with Crippen LogP contribution in [0.3, 0.4) is 0 Å². The van der Waals surface area contributed by atoms with Gasteiger partial charge in [0.15, 0.2) is 4.77 Å². The molecule has 0 bridgehead atoms. The lowest BCUT2D eigenvalue weighted by Gasteiger charge is -2.07. The average molecular weight is 311 g/mol. The molecule has 0 fully saturated rings. The molecule has 1 aromatic heterocycles. The van der Waals surface area contributed by atoms with Gasteiger partial charge in [0.05, 0.1) is 16.1 Å². The second-order valence-corrected chi connectivity index (χ2v) is 5.73. The maximum absolute atomic E-state index is 6.36. The molecule has 102 valence electrons. The van der Waals surface area contributed by atoms with Gasteiger partial charge in [-0.3, -0.25) is 4.57 Å². The van der Waals surface area contributed by atoms with E-state index in [9.17, 15) is 0 Å². The number of halogens is 1. The van der Waals surface area contributed by atoms with Gasteiger partial charge in [0, 0.05) is 5.69 Å². The molecule has 0 unspecified atom stereocenters. The van der Waals surface area contributed by atoms with Crippen LogP contribution in [0.15, 0.2) is 60.7 Å². The minimum Gasteiger partial charge on any atom is -0.330 e. The van der Waals surface area contributed by atoms with E-state index in [1.54, 1.807) is 0 Å². The molecular weight excluding hydrogens is 300 g/mol. The summed E-state index contributed by atoms with van der Waals surface area (Å²) >= 11 is 11.8. The van der Waals surface area contributed by atoms with Crippen LogP contribution >= 0.6 is 23.8 Å². The number of hydrogen-bond donors (Lipinski definition) is 1. The third-order valence-electron chi connectivity index (χ3n) is 3.65. The molecule has 2 nitrogen and oxygen atoms in total. The first kappa shape index (κ1) is 12.6. The van der Waals surface area contributed by atoms with Crippen molar-refractivity contribution in [2.75, 3.05) is 0 Å². The Hall–Kier alpha value is -2.10. The number of para-hydroxylation sites is 1. The van der Waals surface area contributed by atoms with Crippen LogP contribution < -0.4 is 0 Å². The highest BCUT2D eigenvalue weighted by Gasteiger charge is 2.10. The summed E-state index contributed by atoms with van der Waals surface area (Å²) in [6.45, 7) is 0. The topological polar surface area (TPSA) is 20.7 Å². The maximum Gasteiger partial charge on any atom is 0.182 e. The van der Waals surface area contributed by atoms with E-state index in [0.29, 0.717) is 9.79 Å². The molecule has 21 heavy (non-hydrogen) atoms. The molecule has 0 aliphatic heterocycles. The van der Waals surface area contributed by atoms with Gasteiger partial charge >= 0.3 is 0 Å². The third-order valence-corrected chi connectivity index (χ3v) is 4.24. The number of H-pyrrole nitrogens is 1. The maximum atomic E-state index is 6.36. The number of fused-ring (bicyclic) bond motifs is 2. The molecule has 0 saturated heterocycles. The van der Waals surface area contributed by atoms with E-state index in [1.807, 2.05) is 34.9 Å². The fourth-order valence-corrected chi connectivity index (χ4v) is 3.24. The number of nitrogens with zero attached hydrogens (tertiary/aromatic N) is 1. The molecule has 0 aliphatic rings. The summed E-state index contributed by atoms with van der Waals surface area (Å²) in [5.74, 6) is 0. The van der Waals surface area contributed by atoms with E-state index < -0.39 is 0 Å². The molecule has 4 aromatic rings. The molecule has 0 radical (unpaired) electrons. The summed E-state index contributed by atoms with van der Waals surface area (Å²) in [5.41, 5.74) is 2.87. The van der Waals surface area contributed by atoms with Crippen LogP contribution in [0, 0.1) is 4.77 Å². The SMILES string of the molecule is S=c1[nH]c2cccc(Cl)c2n1-c1ccc2ccccc2c1. The third kappa shape index (κ3) is 1.97. The minimum absolute atomic E-state index is 0.647. The second kappa shape index (κ2) is 4.72. The van der Waals surface area contributed by atoms with Crippen LogP contribution in [0.4, 0.5) is 0 Å². The highest BCUT2D eigenvalue weighted by Crippen LogP contribution is 2.27. The van der Waals surface area contributed by atoms with Gasteiger partial charge in [0.25, 0.3) is 0 Å². The molecule has 0 spiro atoms. The number of imidazole rings is 1. The Bertz CT molecular complexity index is 1030. The number of hydrogen-bond acceptors (Lipinski definition) is 1. The molecule has 0 amide bonds. The largest absolute Gasteiger partial charge is 0.330 e. The molecular formula is C17H11ClN2S. The summed E-state index contributed by atoms with van der Waals surface area (Å²) in [6, 6.07) is 20.3. The molecule has 0 atom stereocenters. The van der Waals surface area contributed by atoms with E-state index in [4.69, 9.17) is 23.8 Å². The van der Waals surface area contributed by atoms with Gasteiger partial charge in [-0.25, -0.2) is 0 Å². The van der Waals surface area contributed by atoms with Crippen molar-refractivity contribution in [3.8, 4) is 5.69 Å². The van der Waals surface area contributed by atoms with Crippen molar-refractivity contribution in [3.05, 3.63) is 70.5 Å².